The molecule has 12 heavy (non-hydrogen) atoms. The van der Waals surface area contributed by atoms with Crippen LogP contribution in [0.2, 0.25) is 0 Å². The highest BCUT2D eigenvalue weighted by Gasteiger charge is 2.12. The standard InChI is InChI=1S/C7H8N4S/c1-12-7-10-9-6-5(8)3-2-4-11(6)7/h2-4H,8H2,1H3/p+1. The molecule has 0 radical (unpaired) electrons. The summed E-state index contributed by atoms with van der Waals surface area (Å²) in [5, 5.41) is 7.88. The molecular weight excluding hydrogens is 172 g/mol. The van der Waals surface area contributed by atoms with Gasteiger partial charge in [0.25, 0.3) is 5.65 Å². The van der Waals surface area contributed by atoms with Gasteiger partial charge in [-0.05, 0) is 18.4 Å². The van der Waals surface area contributed by atoms with Crippen LogP contribution in [0.3, 0.4) is 0 Å². The molecule has 0 spiro atoms. The Balaban J connectivity index is 2.80. The number of nitrogens with two attached hydrogens (primary N) is 1. The minimum absolute atomic E-state index is 0.713. The highest BCUT2D eigenvalue weighted by Crippen LogP contribution is 2.09. The molecular formula is C7H9N4S+. The van der Waals surface area contributed by atoms with Gasteiger partial charge < -0.3 is 5.73 Å². The van der Waals surface area contributed by atoms with Gasteiger partial charge in [-0.15, -0.1) is 5.10 Å². The number of H-pyrrole nitrogens is 1. The molecule has 0 aliphatic rings. The fourth-order valence-corrected chi connectivity index (χ4v) is 1.59. The first kappa shape index (κ1) is 7.42. The summed E-state index contributed by atoms with van der Waals surface area (Å²) in [6.07, 6.45) is 3.91. The molecule has 4 nitrogen and oxygen atoms in total. The van der Waals surface area contributed by atoms with Crippen LogP contribution in [-0.2, 0) is 0 Å². The molecule has 2 heterocycles. The lowest BCUT2D eigenvalue weighted by Crippen LogP contribution is -2.21. The van der Waals surface area contributed by atoms with Gasteiger partial charge in [-0.1, -0.05) is 11.8 Å². The van der Waals surface area contributed by atoms with Crippen LogP contribution in [0, 0.1) is 0 Å². The zero-order valence-corrected chi connectivity index (χ0v) is 7.43. The van der Waals surface area contributed by atoms with Crippen LogP contribution in [0.1, 0.15) is 0 Å². The van der Waals surface area contributed by atoms with Crippen LogP contribution >= 0.6 is 11.8 Å². The van der Waals surface area contributed by atoms with E-state index in [1.165, 1.54) is 0 Å². The zero-order chi connectivity index (χ0) is 8.55. The van der Waals surface area contributed by atoms with E-state index in [4.69, 9.17) is 5.73 Å². The molecule has 0 saturated carbocycles. The van der Waals surface area contributed by atoms with Crippen molar-refractivity contribution >= 4 is 23.1 Å². The maximum Gasteiger partial charge on any atom is 0.341 e. The minimum Gasteiger partial charge on any atom is -0.393 e. The number of hydrogen-bond donors (Lipinski definition) is 2. The third-order valence-corrected chi connectivity index (χ3v) is 2.32. The first-order chi connectivity index (χ1) is 5.83. The Kier molecular flexibility index (Phi) is 1.65. The van der Waals surface area contributed by atoms with Gasteiger partial charge in [0.1, 0.15) is 5.69 Å². The summed E-state index contributed by atoms with van der Waals surface area (Å²) in [4.78, 5) is 0. The van der Waals surface area contributed by atoms with Gasteiger partial charge in [-0.3, -0.25) is 0 Å². The lowest BCUT2D eigenvalue weighted by atomic mass is 10.4. The average molecular weight is 181 g/mol. The number of nitrogens with one attached hydrogen (secondary N) is 1. The van der Waals surface area contributed by atoms with Gasteiger partial charge >= 0.3 is 5.16 Å². The molecule has 5 heteroatoms. The van der Waals surface area contributed by atoms with Crippen molar-refractivity contribution in [2.45, 2.75) is 5.16 Å². The fourth-order valence-electron chi connectivity index (χ4n) is 1.10. The third kappa shape index (κ3) is 0.937. The smallest absolute Gasteiger partial charge is 0.341 e. The van der Waals surface area contributed by atoms with Crippen LogP contribution in [0.25, 0.3) is 5.65 Å². The van der Waals surface area contributed by atoms with Crippen molar-refractivity contribution in [1.29, 1.82) is 0 Å². The number of rotatable bonds is 1. The Morgan fingerprint density at radius 3 is 3.25 bits per heavy atom. The van der Waals surface area contributed by atoms with E-state index in [0.717, 1.165) is 10.8 Å². The van der Waals surface area contributed by atoms with Crippen LogP contribution < -0.4 is 10.1 Å². The summed E-state index contributed by atoms with van der Waals surface area (Å²) in [6.45, 7) is 0. The second-order valence-electron chi connectivity index (χ2n) is 2.39. The molecule has 0 atom stereocenters. The maximum absolute atomic E-state index is 5.72. The number of hydrogen-bond acceptors (Lipinski definition) is 3. The first-order valence-corrected chi connectivity index (χ1v) is 4.73. The van der Waals surface area contributed by atoms with Gasteiger partial charge in [0, 0.05) is 0 Å². The predicted octanol–water partition coefficient (Wildman–Crippen LogP) is 0.452. The Hall–Kier alpha value is -1.23. The lowest BCUT2D eigenvalue weighted by Gasteiger charge is -1.90. The minimum atomic E-state index is 0.713. The number of aromatic amines is 1. The Bertz CT molecular complexity index is 409. The molecule has 0 unspecified atom stereocenters. The summed E-state index contributed by atoms with van der Waals surface area (Å²) >= 11 is 1.58. The third-order valence-electron chi connectivity index (χ3n) is 1.67. The number of pyridine rings is 1. The first-order valence-electron chi connectivity index (χ1n) is 3.51. The van der Waals surface area contributed by atoms with E-state index in [1.54, 1.807) is 11.8 Å². The van der Waals surface area contributed by atoms with Crippen molar-refractivity contribution in [3.05, 3.63) is 18.3 Å². The van der Waals surface area contributed by atoms with E-state index < -0.39 is 0 Å². The summed E-state index contributed by atoms with van der Waals surface area (Å²) < 4.78 is 1.93. The van der Waals surface area contributed by atoms with Crippen LogP contribution in [-0.4, -0.2) is 16.5 Å². The molecule has 0 aliphatic carbocycles. The second kappa shape index (κ2) is 2.67. The van der Waals surface area contributed by atoms with Crippen molar-refractivity contribution in [2.75, 3.05) is 12.0 Å². The van der Waals surface area contributed by atoms with E-state index >= 15 is 0 Å². The van der Waals surface area contributed by atoms with Crippen LogP contribution in [0.4, 0.5) is 5.69 Å². The Morgan fingerprint density at radius 1 is 1.67 bits per heavy atom. The predicted molar refractivity (Wildman–Crippen MR) is 47.9 cm³/mol. The molecule has 0 amide bonds. The van der Waals surface area contributed by atoms with Crippen molar-refractivity contribution < 1.29 is 4.40 Å². The molecule has 62 valence electrons. The van der Waals surface area contributed by atoms with Crippen molar-refractivity contribution in [3.63, 3.8) is 0 Å². The van der Waals surface area contributed by atoms with Crippen molar-refractivity contribution in [1.82, 2.24) is 10.2 Å². The fraction of sp³-hybridized carbons (Fsp3) is 0.143. The second-order valence-corrected chi connectivity index (χ2v) is 3.17. The molecule has 3 N–H and O–H groups in total. The quantitative estimate of drug-likeness (QED) is 0.496. The Morgan fingerprint density at radius 2 is 2.50 bits per heavy atom. The van der Waals surface area contributed by atoms with E-state index in [2.05, 4.69) is 10.2 Å². The highest BCUT2D eigenvalue weighted by molar-refractivity contribution is 7.98. The SMILES string of the molecule is CSc1n[nH]c2c(N)ccc[n+]12. The topological polar surface area (TPSA) is 58.8 Å². The number of anilines is 1. The molecule has 0 aliphatic heterocycles. The van der Waals surface area contributed by atoms with E-state index in [0.29, 0.717) is 5.69 Å². The van der Waals surface area contributed by atoms with Crippen LogP contribution in [0.15, 0.2) is 23.5 Å². The molecule has 0 fully saturated rings. The van der Waals surface area contributed by atoms with Crippen molar-refractivity contribution in [2.24, 2.45) is 0 Å². The van der Waals surface area contributed by atoms with Gasteiger partial charge in [0.05, 0.1) is 11.3 Å². The maximum atomic E-state index is 5.72. The molecule has 0 bridgehead atoms. The summed E-state index contributed by atoms with van der Waals surface area (Å²) in [6, 6.07) is 3.75. The number of nitrogen functional groups attached to an aromatic ring is 1. The number of aromatic nitrogens is 3. The Labute approximate surface area is 73.8 Å². The van der Waals surface area contributed by atoms with Gasteiger partial charge in [0.15, 0.2) is 0 Å². The normalized spacial score (nSPS) is 10.8. The van der Waals surface area contributed by atoms with E-state index in [-0.39, 0.29) is 0 Å². The highest BCUT2D eigenvalue weighted by atomic mass is 32.2. The zero-order valence-electron chi connectivity index (χ0n) is 6.61. The average Bonchev–Trinajstić information content (AvgIpc) is 2.49. The molecule has 0 saturated heterocycles. The van der Waals surface area contributed by atoms with Gasteiger partial charge in [-0.25, -0.2) is 0 Å². The van der Waals surface area contributed by atoms with E-state index in [1.807, 2.05) is 29.0 Å². The molecule has 2 aromatic heterocycles. The molecule has 2 rings (SSSR count). The van der Waals surface area contributed by atoms with E-state index in [9.17, 15) is 0 Å². The van der Waals surface area contributed by atoms with Gasteiger partial charge in [0.2, 0.25) is 0 Å². The summed E-state index contributed by atoms with van der Waals surface area (Å²) in [5.41, 5.74) is 7.29. The number of fused-ring (bicyclic) bond motifs is 1. The summed E-state index contributed by atoms with van der Waals surface area (Å²) in [5.74, 6) is 0. The molecule has 0 aromatic carbocycles. The lowest BCUT2D eigenvalue weighted by molar-refractivity contribution is -0.555. The van der Waals surface area contributed by atoms with Crippen molar-refractivity contribution in [3.8, 4) is 0 Å². The molecule has 2 aromatic rings. The number of nitrogens with zero attached hydrogens (tertiary/aromatic N) is 2. The largest absolute Gasteiger partial charge is 0.393 e. The van der Waals surface area contributed by atoms with Gasteiger partial charge in [-0.2, -0.15) is 4.40 Å². The van der Waals surface area contributed by atoms with Crippen LogP contribution in [0.5, 0.6) is 0 Å². The number of thioether (sulfide) groups is 1. The monoisotopic (exact) mass is 181 g/mol. The summed E-state index contributed by atoms with van der Waals surface area (Å²) in [7, 11) is 0.